The number of likely N-dealkylation sites (N-methyl/N-ethyl adjacent to an activating group) is 1. The SMILES string of the molecule is CN1CCNCC1(C)c1ccc(Cl)cc1. The highest BCUT2D eigenvalue weighted by Crippen LogP contribution is 2.28. The van der Waals surface area contributed by atoms with Gasteiger partial charge in [-0.1, -0.05) is 23.7 Å². The van der Waals surface area contributed by atoms with E-state index in [4.69, 9.17) is 11.6 Å². The van der Waals surface area contributed by atoms with Crippen molar-refractivity contribution in [2.75, 3.05) is 26.7 Å². The Morgan fingerprint density at radius 2 is 2.00 bits per heavy atom. The number of rotatable bonds is 1. The second-order valence-electron chi connectivity index (χ2n) is 4.38. The van der Waals surface area contributed by atoms with Crippen molar-refractivity contribution in [2.24, 2.45) is 0 Å². The zero-order chi connectivity index (χ0) is 10.9. The van der Waals surface area contributed by atoms with Gasteiger partial charge in [-0.3, -0.25) is 4.90 Å². The Balaban J connectivity index is 2.30. The smallest absolute Gasteiger partial charge is 0.0555 e. The third-order valence-electron chi connectivity index (χ3n) is 3.40. The molecule has 1 saturated heterocycles. The van der Waals surface area contributed by atoms with Crippen LogP contribution < -0.4 is 5.32 Å². The molecule has 1 aliphatic heterocycles. The van der Waals surface area contributed by atoms with Crippen molar-refractivity contribution in [1.29, 1.82) is 0 Å². The fourth-order valence-corrected chi connectivity index (χ4v) is 2.22. The summed E-state index contributed by atoms with van der Waals surface area (Å²) in [4.78, 5) is 2.40. The molecule has 2 nitrogen and oxygen atoms in total. The monoisotopic (exact) mass is 224 g/mol. The minimum Gasteiger partial charge on any atom is -0.313 e. The number of hydrogen-bond donors (Lipinski definition) is 1. The Hall–Kier alpha value is -0.570. The molecule has 0 aromatic heterocycles. The van der Waals surface area contributed by atoms with Crippen LogP contribution in [0, 0.1) is 0 Å². The molecule has 1 fully saturated rings. The number of halogens is 1. The predicted octanol–water partition coefficient (Wildman–Crippen LogP) is 2.09. The van der Waals surface area contributed by atoms with E-state index in [1.807, 2.05) is 12.1 Å². The Labute approximate surface area is 96.2 Å². The summed E-state index contributed by atoms with van der Waals surface area (Å²) in [6, 6.07) is 8.16. The lowest BCUT2D eigenvalue weighted by Crippen LogP contribution is -2.55. The van der Waals surface area contributed by atoms with E-state index in [9.17, 15) is 0 Å². The maximum absolute atomic E-state index is 5.90. The molecule has 0 amide bonds. The van der Waals surface area contributed by atoms with Gasteiger partial charge in [0.15, 0.2) is 0 Å². The first kappa shape index (κ1) is 10.9. The molecule has 1 unspecified atom stereocenters. The van der Waals surface area contributed by atoms with Crippen molar-refractivity contribution >= 4 is 11.6 Å². The summed E-state index contributed by atoms with van der Waals surface area (Å²) < 4.78 is 0. The van der Waals surface area contributed by atoms with Gasteiger partial charge in [0.2, 0.25) is 0 Å². The zero-order valence-corrected chi connectivity index (χ0v) is 10.0. The largest absolute Gasteiger partial charge is 0.313 e. The summed E-state index contributed by atoms with van der Waals surface area (Å²) in [5, 5.41) is 4.24. The molecule has 1 aliphatic rings. The molecule has 0 spiro atoms. The summed E-state index contributed by atoms with van der Waals surface area (Å²) >= 11 is 5.90. The molecule has 0 bridgehead atoms. The van der Waals surface area contributed by atoms with Gasteiger partial charge in [0.1, 0.15) is 0 Å². The van der Waals surface area contributed by atoms with Gasteiger partial charge in [0.05, 0.1) is 5.54 Å². The van der Waals surface area contributed by atoms with Crippen LogP contribution in [0.2, 0.25) is 5.02 Å². The molecule has 1 heterocycles. The molecular formula is C12H17ClN2. The van der Waals surface area contributed by atoms with E-state index in [0.717, 1.165) is 24.7 Å². The highest BCUT2D eigenvalue weighted by atomic mass is 35.5. The highest BCUT2D eigenvalue weighted by Gasteiger charge is 2.33. The van der Waals surface area contributed by atoms with Crippen LogP contribution in [0.5, 0.6) is 0 Å². The normalized spacial score (nSPS) is 27.9. The van der Waals surface area contributed by atoms with E-state index in [1.54, 1.807) is 0 Å². The molecule has 2 rings (SSSR count). The minimum atomic E-state index is 0.0861. The summed E-state index contributed by atoms with van der Waals surface area (Å²) in [5.41, 5.74) is 1.41. The van der Waals surface area contributed by atoms with Crippen molar-refractivity contribution in [3.63, 3.8) is 0 Å². The van der Waals surface area contributed by atoms with Gasteiger partial charge < -0.3 is 5.32 Å². The van der Waals surface area contributed by atoms with E-state index in [-0.39, 0.29) is 5.54 Å². The van der Waals surface area contributed by atoms with E-state index in [0.29, 0.717) is 0 Å². The maximum Gasteiger partial charge on any atom is 0.0555 e. The van der Waals surface area contributed by atoms with Gasteiger partial charge in [-0.15, -0.1) is 0 Å². The van der Waals surface area contributed by atoms with Crippen LogP contribution in [0.15, 0.2) is 24.3 Å². The average Bonchev–Trinajstić information content (AvgIpc) is 2.23. The quantitative estimate of drug-likeness (QED) is 0.786. The minimum absolute atomic E-state index is 0.0861. The van der Waals surface area contributed by atoms with Crippen LogP contribution in [-0.4, -0.2) is 31.6 Å². The second kappa shape index (κ2) is 4.12. The lowest BCUT2D eigenvalue weighted by atomic mass is 9.89. The third kappa shape index (κ3) is 2.03. The van der Waals surface area contributed by atoms with E-state index in [1.165, 1.54) is 5.56 Å². The predicted molar refractivity (Wildman–Crippen MR) is 64.3 cm³/mol. The molecule has 1 aromatic carbocycles. The molecule has 1 atom stereocenters. The van der Waals surface area contributed by atoms with Crippen LogP contribution in [0.4, 0.5) is 0 Å². The molecule has 1 aromatic rings. The van der Waals surface area contributed by atoms with Crippen LogP contribution in [0.3, 0.4) is 0 Å². The number of benzene rings is 1. The fraction of sp³-hybridized carbons (Fsp3) is 0.500. The van der Waals surface area contributed by atoms with Crippen molar-refractivity contribution in [3.8, 4) is 0 Å². The summed E-state index contributed by atoms with van der Waals surface area (Å²) in [6.45, 7) is 5.41. The maximum atomic E-state index is 5.90. The summed E-state index contributed by atoms with van der Waals surface area (Å²) in [7, 11) is 2.18. The highest BCUT2D eigenvalue weighted by molar-refractivity contribution is 6.30. The van der Waals surface area contributed by atoms with Crippen molar-refractivity contribution < 1.29 is 0 Å². The number of nitrogens with zero attached hydrogens (tertiary/aromatic N) is 1. The lowest BCUT2D eigenvalue weighted by molar-refractivity contribution is 0.104. The fourth-order valence-electron chi connectivity index (χ4n) is 2.09. The molecule has 0 aliphatic carbocycles. The van der Waals surface area contributed by atoms with Crippen LogP contribution >= 0.6 is 11.6 Å². The topological polar surface area (TPSA) is 15.3 Å². The Bertz CT molecular complexity index is 336. The van der Waals surface area contributed by atoms with Crippen molar-refractivity contribution in [3.05, 3.63) is 34.9 Å². The Kier molecular flexibility index (Phi) is 3.01. The van der Waals surface area contributed by atoms with Crippen molar-refractivity contribution in [2.45, 2.75) is 12.5 Å². The first-order chi connectivity index (χ1) is 7.13. The molecule has 1 N–H and O–H groups in total. The van der Waals surface area contributed by atoms with Gasteiger partial charge in [-0.05, 0) is 31.7 Å². The van der Waals surface area contributed by atoms with Gasteiger partial charge >= 0.3 is 0 Å². The summed E-state index contributed by atoms with van der Waals surface area (Å²) in [5.74, 6) is 0. The van der Waals surface area contributed by atoms with Crippen molar-refractivity contribution in [1.82, 2.24) is 10.2 Å². The molecule has 3 heteroatoms. The van der Waals surface area contributed by atoms with E-state index in [2.05, 4.69) is 36.3 Å². The van der Waals surface area contributed by atoms with E-state index < -0.39 is 0 Å². The third-order valence-corrected chi connectivity index (χ3v) is 3.65. The Morgan fingerprint density at radius 3 is 2.60 bits per heavy atom. The van der Waals surface area contributed by atoms with Crippen LogP contribution in [0.25, 0.3) is 0 Å². The van der Waals surface area contributed by atoms with Gasteiger partial charge in [0, 0.05) is 24.7 Å². The lowest BCUT2D eigenvalue weighted by Gasteiger charge is -2.43. The van der Waals surface area contributed by atoms with Crippen LogP contribution in [-0.2, 0) is 5.54 Å². The number of nitrogens with one attached hydrogen (secondary N) is 1. The Morgan fingerprint density at radius 1 is 1.33 bits per heavy atom. The molecule has 15 heavy (non-hydrogen) atoms. The molecule has 0 saturated carbocycles. The van der Waals surface area contributed by atoms with Crippen LogP contribution in [0.1, 0.15) is 12.5 Å². The van der Waals surface area contributed by atoms with E-state index >= 15 is 0 Å². The molecule has 82 valence electrons. The standard InChI is InChI=1S/C12H17ClN2/c1-12(9-14-7-8-15(12)2)10-3-5-11(13)6-4-10/h3-6,14H,7-9H2,1-2H3. The second-order valence-corrected chi connectivity index (χ2v) is 4.82. The average molecular weight is 225 g/mol. The molecule has 0 radical (unpaired) electrons. The summed E-state index contributed by atoms with van der Waals surface area (Å²) in [6.07, 6.45) is 0. The zero-order valence-electron chi connectivity index (χ0n) is 9.26. The van der Waals surface area contributed by atoms with Gasteiger partial charge in [-0.25, -0.2) is 0 Å². The first-order valence-corrected chi connectivity index (χ1v) is 5.69. The van der Waals surface area contributed by atoms with Gasteiger partial charge in [0.25, 0.3) is 0 Å². The number of piperazine rings is 1. The van der Waals surface area contributed by atoms with Gasteiger partial charge in [-0.2, -0.15) is 0 Å². The number of hydrogen-bond acceptors (Lipinski definition) is 2. The molecular weight excluding hydrogens is 208 g/mol. The first-order valence-electron chi connectivity index (χ1n) is 5.31.